The number of nitrogens with zero attached hydrogens (tertiary/aromatic N) is 3. The fourth-order valence-electron chi connectivity index (χ4n) is 0.520. The van der Waals surface area contributed by atoms with Crippen molar-refractivity contribution in [1.82, 2.24) is 9.99 Å². The zero-order chi connectivity index (χ0) is 9.84. The van der Waals surface area contributed by atoms with E-state index in [9.17, 15) is 4.79 Å². The minimum absolute atomic E-state index is 0.605. The van der Waals surface area contributed by atoms with Crippen LogP contribution in [0.2, 0.25) is 0 Å². The van der Waals surface area contributed by atoms with Crippen LogP contribution >= 0.6 is 27.3 Å². The molecule has 0 aliphatic heterocycles. The number of rotatable bonds is 2. The molecular formula is C6H7BrN4OS. The maximum atomic E-state index is 10.5. The molecule has 0 bridgehead atoms. The first-order valence-electron chi connectivity index (χ1n) is 3.28. The molecule has 0 fully saturated rings. The standard InChI is InChI=1S/C6H7BrN4OS/c1-11(6(8)12)10-3-5-9-2-4(7)13-5/h2-3H,1H3,(H2,8,12)/b10-3+. The first kappa shape index (κ1) is 10.1. The van der Waals surface area contributed by atoms with Gasteiger partial charge in [-0.25, -0.2) is 14.8 Å². The van der Waals surface area contributed by atoms with Crippen molar-refractivity contribution in [3.63, 3.8) is 0 Å². The topological polar surface area (TPSA) is 71.6 Å². The summed E-state index contributed by atoms with van der Waals surface area (Å²) < 4.78 is 0.913. The number of carbonyl (C=O) groups is 1. The lowest BCUT2D eigenvalue weighted by atomic mass is 10.8. The van der Waals surface area contributed by atoms with Crippen LogP contribution in [0.15, 0.2) is 15.1 Å². The van der Waals surface area contributed by atoms with Crippen LogP contribution in [0.25, 0.3) is 0 Å². The van der Waals surface area contributed by atoms with E-state index in [-0.39, 0.29) is 0 Å². The lowest BCUT2D eigenvalue weighted by Gasteiger charge is -2.04. The fraction of sp³-hybridized carbons (Fsp3) is 0.167. The van der Waals surface area contributed by atoms with Gasteiger partial charge in [-0.3, -0.25) is 0 Å². The van der Waals surface area contributed by atoms with Gasteiger partial charge in [-0.2, -0.15) is 5.10 Å². The first-order valence-corrected chi connectivity index (χ1v) is 4.89. The molecular weight excluding hydrogens is 256 g/mol. The summed E-state index contributed by atoms with van der Waals surface area (Å²) in [6.45, 7) is 0. The van der Waals surface area contributed by atoms with E-state index in [2.05, 4.69) is 26.0 Å². The van der Waals surface area contributed by atoms with Crippen molar-refractivity contribution >= 4 is 39.5 Å². The Kier molecular flexibility index (Phi) is 3.38. The van der Waals surface area contributed by atoms with E-state index in [1.807, 2.05) is 0 Å². The van der Waals surface area contributed by atoms with Crippen LogP contribution in [0.5, 0.6) is 0 Å². The molecule has 1 rings (SSSR count). The largest absolute Gasteiger partial charge is 0.350 e. The number of amides is 2. The number of hydrazone groups is 1. The number of urea groups is 1. The third kappa shape index (κ3) is 3.11. The molecule has 0 spiro atoms. The average Bonchev–Trinajstić information content (AvgIpc) is 2.47. The molecule has 0 aliphatic rings. The van der Waals surface area contributed by atoms with Gasteiger partial charge in [-0.15, -0.1) is 11.3 Å². The van der Waals surface area contributed by atoms with Crippen LogP contribution in [0.4, 0.5) is 4.79 Å². The van der Waals surface area contributed by atoms with Gasteiger partial charge in [0, 0.05) is 7.05 Å². The molecule has 2 amide bonds. The number of nitrogens with two attached hydrogens (primary N) is 1. The minimum atomic E-state index is -0.605. The van der Waals surface area contributed by atoms with Crippen molar-refractivity contribution in [2.24, 2.45) is 10.8 Å². The second-order valence-corrected chi connectivity index (χ2v) is 4.55. The molecule has 70 valence electrons. The summed E-state index contributed by atoms with van der Waals surface area (Å²) in [7, 11) is 1.47. The summed E-state index contributed by atoms with van der Waals surface area (Å²) in [6.07, 6.45) is 3.14. The maximum Gasteiger partial charge on any atom is 0.334 e. The van der Waals surface area contributed by atoms with Crippen LogP contribution in [-0.2, 0) is 0 Å². The molecule has 1 aromatic rings. The minimum Gasteiger partial charge on any atom is -0.350 e. The highest BCUT2D eigenvalue weighted by Gasteiger charge is 1.99. The second-order valence-electron chi connectivity index (χ2n) is 2.11. The van der Waals surface area contributed by atoms with E-state index < -0.39 is 6.03 Å². The highest BCUT2D eigenvalue weighted by molar-refractivity contribution is 9.11. The van der Waals surface area contributed by atoms with Crippen molar-refractivity contribution in [2.75, 3.05) is 7.05 Å². The number of thiazole rings is 1. The van der Waals surface area contributed by atoms with E-state index in [1.165, 1.54) is 24.6 Å². The van der Waals surface area contributed by atoms with Gasteiger partial charge in [0.2, 0.25) is 0 Å². The quantitative estimate of drug-likeness (QED) is 0.644. The molecule has 7 heteroatoms. The molecule has 0 aromatic carbocycles. The molecule has 0 saturated heterocycles. The molecule has 1 aromatic heterocycles. The lowest BCUT2D eigenvalue weighted by Crippen LogP contribution is -2.27. The van der Waals surface area contributed by atoms with Gasteiger partial charge in [0.15, 0.2) is 0 Å². The molecule has 0 atom stereocenters. The Morgan fingerprint density at radius 3 is 3.08 bits per heavy atom. The highest BCUT2D eigenvalue weighted by atomic mass is 79.9. The second kappa shape index (κ2) is 4.33. The zero-order valence-corrected chi connectivity index (χ0v) is 9.17. The summed E-state index contributed by atoms with van der Waals surface area (Å²) in [6, 6.07) is -0.605. The summed E-state index contributed by atoms with van der Waals surface area (Å²) >= 11 is 4.68. The maximum absolute atomic E-state index is 10.5. The average molecular weight is 263 g/mol. The number of primary amides is 1. The van der Waals surface area contributed by atoms with Crippen LogP contribution in [-0.4, -0.2) is 29.3 Å². The Morgan fingerprint density at radius 2 is 2.62 bits per heavy atom. The smallest absolute Gasteiger partial charge is 0.334 e. The molecule has 13 heavy (non-hydrogen) atoms. The highest BCUT2D eigenvalue weighted by Crippen LogP contribution is 2.17. The fourth-order valence-corrected chi connectivity index (χ4v) is 1.63. The summed E-state index contributed by atoms with van der Waals surface area (Å²) in [5.74, 6) is 0. The number of carbonyl (C=O) groups excluding carboxylic acids is 1. The van der Waals surface area contributed by atoms with Gasteiger partial charge in [0.05, 0.1) is 16.2 Å². The van der Waals surface area contributed by atoms with E-state index in [4.69, 9.17) is 5.73 Å². The molecule has 0 aliphatic carbocycles. The van der Waals surface area contributed by atoms with E-state index in [0.717, 1.165) is 8.80 Å². The van der Waals surface area contributed by atoms with Crippen LogP contribution in [0.3, 0.4) is 0 Å². The molecule has 0 radical (unpaired) electrons. The molecule has 0 unspecified atom stereocenters. The number of halogens is 1. The van der Waals surface area contributed by atoms with Crippen LogP contribution in [0.1, 0.15) is 5.01 Å². The van der Waals surface area contributed by atoms with Gasteiger partial charge < -0.3 is 5.73 Å². The monoisotopic (exact) mass is 262 g/mol. The molecule has 2 N–H and O–H groups in total. The van der Waals surface area contributed by atoms with Gasteiger partial charge >= 0.3 is 6.03 Å². The normalized spacial score (nSPS) is 10.6. The molecule has 0 saturated carbocycles. The summed E-state index contributed by atoms with van der Waals surface area (Å²) in [4.78, 5) is 14.5. The van der Waals surface area contributed by atoms with Gasteiger partial charge in [0.25, 0.3) is 0 Å². The Hall–Kier alpha value is -0.950. The summed E-state index contributed by atoms with van der Waals surface area (Å²) in [5, 5.41) is 5.51. The van der Waals surface area contributed by atoms with Crippen LogP contribution in [0, 0.1) is 0 Å². The first-order chi connectivity index (χ1) is 6.09. The van der Waals surface area contributed by atoms with E-state index >= 15 is 0 Å². The third-order valence-electron chi connectivity index (χ3n) is 1.16. The molecule has 1 heterocycles. The Bertz CT molecular complexity index is 337. The Morgan fingerprint density at radius 1 is 1.92 bits per heavy atom. The number of hydrogen-bond donors (Lipinski definition) is 1. The predicted molar refractivity (Wildman–Crippen MR) is 54.8 cm³/mol. The van der Waals surface area contributed by atoms with E-state index in [1.54, 1.807) is 6.20 Å². The summed E-state index contributed by atoms with van der Waals surface area (Å²) in [5.41, 5.74) is 4.95. The predicted octanol–water partition coefficient (Wildman–Crippen LogP) is 1.25. The zero-order valence-electron chi connectivity index (χ0n) is 6.77. The van der Waals surface area contributed by atoms with Crippen molar-refractivity contribution in [1.29, 1.82) is 0 Å². The van der Waals surface area contributed by atoms with E-state index in [0.29, 0.717) is 5.01 Å². The number of hydrogen-bond acceptors (Lipinski definition) is 4. The van der Waals surface area contributed by atoms with Gasteiger partial charge in [-0.1, -0.05) is 0 Å². The lowest BCUT2D eigenvalue weighted by molar-refractivity contribution is 0.220. The third-order valence-corrected chi connectivity index (χ3v) is 2.57. The van der Waals surface area contributed by atoms with Crippen LogP contribution < -0.4 is 5.73 Å². The Labute approximate surface area is 87.4 Å². The Balaban J connectivity index is 2.63. The molecule has 5 nitrogen and oxygen atoms in total. The van der Waals surface area contributed by atoms with Crippen molar-refractivity contribution in [3.8, 4) is 0 Å². The SMILES string of the molecule is CN(/N=C/c1ncc(Br)s1)C(N)=O. The van der Waals surface area contributed by atoms with Crippen molar-refractivity contribution < 1.29 is 4.79 Å². The van der Waals surface area contributed by atoms with Crippen molar-refractivity contribution in [3.05, 3.63) is 15.0 Å². The van der Waals surface area contributed by atoms with Gasteiger partial charge in [-0.05, 0) is 15.9 Å². The number of aromatic nitrogens is 1. The van der Waals surface area contributed by atoms with Gasteiger partial charge in [0.1, 0.15) is 5.01 Å². The van der Waals surface area contributed by atoms with Crippen molar-refractivity contribution in [2.45, 2.75) is 0 Å².